The second-order valence-corrected chi connectivity index (χ2v) is 5.88. The van der Waals surface area contributed by atoms with Gasteiger partial charge in [0.15, 0.2) is 0 Å². The number of carbonyl (C=O) groups excluding carboxylic acids is 1. The molecule has 0 spiro atoms. The van der Waals surface area contributed by atoms with E-state index in [4.69, 9.17) is 15.2 Å². The molecule has 1 aliphatic rings. The molecule has 1 amide bonds. The van der Waals surface area contributed by atoms with Crippen molar-refractivity contribution in [1.82, 2.24) is 5.32 Å². The van der Waals surface area contributed by atoms with Gasteiger partial charge in [0.2, 0.25) is 5.91 Å². The van der Waals surface area contributed by atoms with Crippen LogP contribution < -0.4 is 11.1 Å². The maximum absolute atomic E-state index is 12.4. The number of hydrogen-bond acceptors (Lipinski definition) is 4. The van der Waals surface area contributed by atoms with Crippen molar-refractivity contribution in [2.75, 3.05) is 20.3 Å². The van der Waals surface area contributed by atoms with Gasteiger partial charge in [0.05, 0.1) is 18.8 Å². The van der Waals surface area contributed by atoms with Crippen LogP contribution in [0.5, 0.6) is 0 Å². The topological polar surface area (TPSA) is 73.6 Å². The first-order valence-electron chi connectivity index (χ1n) is 7.03. The van der Waals surface area contributed by atoms with Crippen LogP contribution in [-0.4, -0.2) is 43.9 Å². The monoisotopic (exact) mass is 272 g/mol. The van der Waals surface area contributed by atoms with Crippen LogP contribution in [0.2, 0.25) is 0 Å². The third-order valence-corrected chi connectivity index (χ3v) is 4.43. The number of nitrogens with one attached hydrogen (secondary N) is 1. The smallest absolute Gasteiger partial charge is 0.241 e. The maximum atomic E-state index is 12.4. The summed E-state index contributed by atoms with van der Waals surface area (Å²) in [5, 5.41) is 2.98. The molecule has 112 valence electrons. The number of carbonyl (C=O) groups is 1. The van der Waals surface area contributed by atoms with Crippen LogP contribution in [0.15, 0.2) is 0 Å². The normalized spacial score (nSPS) is 30.5. The summed E-state index contributed by atoms with van der Waals surface area (Å²) >= 11 is 0. The number of nitrogens with two attached hydrogens (primary N) is 1. The van der Waals surface area contributed by atoms with Gasteiger partial charge in [-0.15, -0.1) is 0 Å². The van der Waals surface area contributed by atoms with Crippen molar-refractivity contribution in [2.45, 2.75) is 58.2 Å². The molecule has 0 saturated heterocycles. The van der Waals surface area contributed by atoms with Gasteiger partial charge in [-0.25, -0.2) is 0 Å². The predicted octanol–water partition coefficient (Wildman–Crippen LogP) is 1.06. The molecule has 3 N–H and O–H groups in total. The fourth-order valence-electron chi connectivity index (χ4n) is 2.60. The Bertz CT molecular complexity index is 320. The quantitative estimate of drug-likeness (QED) is 0.727. The van der Waals surface area contributed by atoms with Gasteiger partial charge in [0.1, 0.15) is 5.54 Å². The van der Waals surface area contributed by atoms with E-state index in [9.17, 15) is 4.79 Å². The average molecular weight is 272 g/mol. The third kappa shape index (κ3) is 2.93. The van der Waals surface area contributed by atoms with E-state index in [0.717, 1.165) is 6.42 Å². The van der Waals surface area contributed by atoms with Crippen LogP contribution >= 0.6 is 0 Å². The number of methoxy groups -OCH3 is 1. The highest BCUT2D eigenvalue weighted by Gasteiger charge is 2.62. The molecule has 0 aromatic heterocycles. The summed E-state index contributed by atoms with van der Waals surface area (Å²) in [7, 11) is 1.63. The molecule has 1 saturated carbocycles. The van der Waals surface area contributed by atoms with Gasteiger partial charge in [0.25, 0.3) is 0 Å². The summed E-state index contributed by atoms with van der Waals surface area (Å²) < 4.78 is 10.7. The molecular formula is C14H28N2O3. The lowest BCUT2D eigenvalue weighted by Gasteiger charge is -2.57. The van der Waals surface area contributed by atoms with E-state index >= 15 is 0 Å². The molecule has 0 heterocycles. The van der Waals surface area contributed by atoms with E-state index in [1.54, 1.807) is 7.11 Å². The summed E-state index contributed by atoms with van der Waals surface area (Å²) in [6.07, 6.45) is 1.45. The molecule has 19 heavy (non-hydrogen) atoms. The van der Waals surface area contributed by atoms with E-state index in [-0.39, 0.29) is 23.5 Å². The Morgan fingerprint density at radius 2 is 2.11 bits per heavy atom. The van der Waals surface area contributed by atoms with Gasteiger partial charge in [-0.1, -0.05) is 20.8 Å². The first-order valence-corrected chi connectivity index (χ1v) is 7.03. The summed E-state index contributed by atoms with van der Waals surface area (Å²) in [4.78, 5) is 12.4. The number of amides is 1. The zero-order valence-electron chi connectivity index (χ0n) is 12.8. The molecule has 0 bridgehead atoms. The van der Waals surface area contributed by atoms with Gasteiger partial charge in [0, 0.05) is 25.6 Å². The number of hydrogen-bond donors (Lipinski definition) is 2. The minimum absolute atomic E-state index is 0.0138. The lowest BCUT2D eigenvalue weighted by atomic mass is 9.54. The molecule has 3 unspecified atom stereocenters. The fraction of sp³-hybridized carbons (Fsp3) is 0.929. The summed E-state index contributed by atoms with van der Waals surface area (Å²) in [6, 6.07) is 0.0138. The molecule has 3 atom stereocenters. The molecule has 5 nitrogen and oxygen atoms in total. The first-order chi connectivity index (χ1) is 8.83. The molecule has 0 aliphatic heterocycles. The van der Waals surface area contributed by atoms with E-state index in [1.165, 1.54) is 0 Å². The Morgan fingerprint density at radius 1 is 1.47 bits per heavy atom. The summed E-state index contributed by atoms with van der Waals surface area (Å²) in [5.74, 6) is -0.0997. The Kier molecular flexibility index (Phi) is 5.35. The molecule has 0 aromatic rings. The molecule has 1 aliphatic carbocycles. The van der Waals surface area contributed by atoms with Crippen molar-refractivity contribution >= 4 is 5.91 Å². The zero-order chi connectivity index (χ0) is 14.7. The largest absolute Gasteiger partial charge is 0.383 e. The van der Waals surface area contributed by atoms with Crippen molar-refractivity contribution < 1.29 is 14.3 Å². The van der Waals surface area contributed by atoms with Crippen LogP contribution in [0.25, 0.3) is 0 Å². The van der Waals surface area contributed by atoms with E-state index in [1.807, 2.05) is 27.7 Å². The van der Waals surface area contributed by atoms with Gasteiger partial charge in [-0.3, -0.25) is 4.79 Å². The molecule has 0 aromatic carbocycles. The van der Waals surface area contributed by atoms with Crippen molar-refractivity contribution in [3.8, 4) is 0 Å². The van der Waals surface area contributed by atoms with Gasteiger partial charge >= 0.3 is 0 Å². The maximum Gasteiger partial charge on any atom is 0.241 e. The van der Waals surface area contributed by atoms with Crippen LogP contribution in [0.3, 0.4) is 0 Å². The van der Waals surface area contributed by atoms with Crippen molar-refractivity contribution in [3.05, 3.63) is 0 Å². The zero-order valence-corrected chi connectivity index (χ0v) is 12.8. The second-order valence-electron chi connectivity index (χ2n) is 5.88. The minimum Gasteiger partial charge on any atom is -0.383 e. The lowest BCUT2D eigenvalue weighted by Crippen LogP contribution is -2.76. The molecule has 0 radical (unpaired) electrons. The molecule has 5 heteroatoms. The van der Waals surface area contributed by atoms with Crippen LogP contribution in [-0.2, 0) is 14.3 Å². The molecular weight excluding hydrogens is 244 g/mol. The fourth-order valence-corrected chi connectivity index (χ4v) is 2.60. The number of rotatable bonds is 7. The molecule has 1 rings (SSSR count). The van der Waals surface area contributed by atoms with Crippen LogP contribution in [0.4, 0.5) is 0 Å². The lowest BCUT2D eigenvalue weighted by molar-refractivity contribution is -0.171. The van der Waals surface area contributed by atoms with E-state index in [2.05, 4.69) is 5.32 Å². The summed E-state index contributed by atoms with van der Waals surface area (Å²) in [6.45, 7) is 9.11. The highest BCUT2D eigenvalue weighted by Crippen LogP contribution is 2.49. The van der Waals surface area contributed by atoms with Gasteiger partial charge in [-0.2, -0.15) is 0 Å². The highest BCUT2D eigenvalue weighted by atomic mass is 16.5. The predicted molar refractivity (Wildman–Crippen MR) is 74.8 cm³/mol. The van der Waals surface area contributed by atoms with Crippen molar-refractivity contribution in [3.63, 3.8) is 0 Å². The summed E-state index contributed by atoms with van der Waals surface area (Å²) in [5.41, 5.74) is 5.11. The second kappa shape index (κ2) is 6.20. The Balaban J connectivity index is 2.67. The minimum atomic E-state index is -0.853. The average Bonchev–Trinajstić information content (AvgIpc) is 2.37. The molecule has 1 fully saturated rings. The highest BCUT2D eigenvalue weighted by molar-refractivity contribution is 5.89. The standard InChI is InChI=1S/C14H28N2O3/c1-6-10(9-18-5)16-12(17)14(15)8-11(19-7-2)13(14,3)4/h10-11H,6-9,15H2,1-5H3,(H,16,17). The van der Waals surface area contributed by atoms with Gasteiger partial charge < -0.3 is 20.5 Å². The number of ether oxygens (including phenoxy) is 2. The van der Waals surface area contributed by atoms with Crippen LogP contribution in [0.1, 0.15) is 40.5 Å². The Morgan fingerprint density at radius 3 is 2.53 bits per heavy atom. The Labute approximate surface area is 116 Å². The SMILES string of the molecule is CCOC1CC(N)(C(=O)NC(CC)COC)C1(C)C. The van der Waals surface area contributed by atoms with E-state index in [0.29, 0.717) is 19.6 Å². The van der Waals surface area contributed by atoms with Crippen molar-refractivity contribution in [2.24, 2.45) is 11.1 Å². The first kappa shape index (κ1) is 16.4. The van der Waals surface area contributed by atoms with E-state index < -0.39 is 5.54 Å². The Hall–Kier alpha value is -0.650. The van der Waals surface area contributed by atoms with Gasteiger partial charge in [-0.05, 0) is 13.3 Å². The van der Waals surface area contributed by atoms with Crippen molar-refractivity contribution in [1.29, 1.82) is 0 Å². The third-order valence-electron chi connectivity index (χ3n) is 4.43. The van der Waals surface area contributed by atoms with Crippen LogP contribution in [0, 0.1) is 5.41 Å².